The number of nitrogens with one attached hydrogen (secondary N) is 1. The molecule has 0 aliphatic carbocycles. The number of benzene rings is 2. The van der Waals surface area contributed by atoms with Crippen LogP contribution in [0.5, 0.6) is 0 Å². The lowest BCUT2D eigenvalue weighted by atomic mass is 10.2. The van der Waals surface area contributed by atoms with Crippen LogP contribution < -0.4 is 15.8 Å². The number of carbonyl (C=O) groups is 1. The van der Waals surface area contributed by atoms with Crippen molar-refractivity contribution >= 4 is 22.6 Å². The smallest absolute Gasteiger partial charge is 0.375 e. The Morgan fingerprint density at radius 2 is 1.77 bits per heavy atom. The van der Waals surface area contributed by atoms with E-state index in [1.807, 2.05) is 42.3 Å². The first-order valence-corrected chi connectivity index (χ1v) is 9.82. The molecule has 0 fully saturated rings. The molecule has 164 valence electrons. The maximum absolute atomic E-state index is 13.3. The Morgan fingerprint density at radius 3 is 2.45 bits per heavy atom. The fourth-order valence-corrected chi connectivity index (χ4v) is 3.33. The standard InChI is InChI=1S/C22H23F3N4O2/c1-15(20(30)26-13-8-14-28(2)16-9-4-3-5-10-16)29-18-12-7-6-11-17(18)27-19(21(29)31)22(23,24)25/h3-7,9-12,15H,8,13-14H2,1-2H3,(H,26,30)/t15-/m0/s1. The van der Waals surface area contributed by atoms with Gasteiger partial charge in [-0.1, -0.05) is 30.3 Å². The van der Waals surface area contributed by atoms with Crippen LogP contribution in [0.2, 0.25) is 0 Å². The molecule has 0 aliphatic heterocycles. The lowest BCUT2D eigenvalue weighted by molar-refractivity contribution is -0.142. The molecule has 1 aromatic heterocycles. The van der Waals surface area contributed by atoms with Crippen LogP contribution in [0, 0.1) is 0 Å². The van der Waals surface area contributed by atoms with Crippen molar-refractivity contribution in [2.75, 3.05) is 25.0 Å². The Kier molecular flexibility index (Phi) is 6.62. The molecule has 0 saturated heterocycles. The van der Waals surface area contributed by atoms with Crippen molar-refractivity contribution in [3.05, 3.63) is 70.6 Å². The fraction of sp³-hybridized carbons (Fsp3) is 0.318. The van der Waals surface area contributed by atoms with Crippen molar-refractivity contribution in [3.8, 4) is 0 Å². The summed E-state index contributed by atoms with van der Waals surface area (Å²) in [5.41, 5.74) is -1.66. The monoisotopic (exact) mass is 432 g/mol. The summed E-state index contributed by atoms with van der Waals surface area (Å²) in [4.78, 5) is 30.7. The van der Waals surface area contributed by atoms with E-state index in [1.165, 1.54) is 25.1 Å². The third-order valence-corrected chi connectivity index (χ3v) is 5.00. The number of para-hydroxylation sites is 3. The van der Waals surface area contributed by atoms with E-state index in [1.54, 1.807) is 6.07 Å². The number of rotatable bonds is 7. The van der Waals surface area contributed by atoms with Gasteiger partial charge >= 0.3 is 6.18 Å². The van der Waals surface area contributed by atoms with Crippen LogP contribution in [0.4, 0.5) is 18.9 Å². The van der Waals surface area contributed by atoms with Gasteiger partial charge in [-0.15, -0.1) is 0 Å². The first-order chi connectivity index (χ1) is 14.7. The molecule has 3 rings (SSSR count). The average Bonchev–Trinajstić information content (AvgIpc) is 2.75. The van der Waals surface area contributed by atoms with Gasteiger partial charge in [0.25, 0.3) is 5.56 Å². The van der Waals surface area contributed by atoms with Crippen LogP contribution in [-0.2, 0) is 11.0 Å². The van der Waals surface area contributed by atoms with Gasteiger partial charge in [0.05, 0.1) is 11.0 Å². The summed E-state index contributed by atoms with van der Waals surface area (Å²) in [7, 11) is 1.93. The summed E-state index contributed by atoms with van der Waals surface area (Å²) < 4.78 is 40.8. The number of amides is 1. The summed E-state index contributed by atoms with van der Waals surface area (Å²) in [5, 5.41) is 2.71. The molecule has 0 aliphatic rings. The Morgan fingerprint density at radius 1 is 1.13 bits per heavy atom. The molecule has 0 spiro atoms. The van der Waals surface area contributed by atoms with Crippen molar-refractivity contribution in [1.29, 1.82) is 0 Å². The lowest BCUT2D eigenvalue weighted by Gasteiger charge is -2.21. The fourth-order valence-electron chi connectivity index (χ4n) is 3.33. The normalized spacial score (nSPS) is 12.5. The topological polar surface area (TPSA) is 67.2 Å². The van der Waals surface area contributed by atoms with Gasteiger partial charge < -0.3 is 10.2 Å². The number of fused-ring (bicyclic) bond motifs is 1. The predicted molar refractivity (Wildman–Crippen MR) is 113 cm³/mol. The van der Waals surface area contributed by atoms with E-state index in [0.29, 0.717) is 19.5 Å². The minimum atomic E-state index is -4.92. The van der Waals surface area contributed by atoms with Gasteiger partial charge in [0, 0.05) is 25.8 Å². The molecule has 31 heavy (non-hydrogen) atoms. The zero-order valence-electron chi connectivity index (χ0n) is 17.2. The van der Waals surface area contributed by atoms with Gasteiger partial charge in [-0.25, -0.2) is 4.98 Å². The summed E-state index contributed by atoms with van der Waals surface area (Å²) in [6.07, 6.45) is -4.29. The molecular weight excluding hydrogens is 409 g/mol. The lowest BCUT2D eigenvalue weighted by Crippen LogP contribution is -2.39. The summed E-state index contributed by atoms with van der Waals surface area (Å²) >= 11 is 0. The van der Waals surface area contributed by atoms with Crippen molar-refractivity contribution < 1.29 is 18.0 Å². The largest absolute Gasteiger partial charge is 0.438 e. The van der Waals surface area contributed by atoms with Crippen LogP contribution in [0.3, 0.4) is 0 Å². The minimum absolute atomic E-state index is 0.00133. The third-order valence-electron chi connectivity index (χ3n) is 5.00. The molecule has 0 radical (unpaired) electrons. The molecule has 1 amide bonds. The number of nitrogens with zero attached hydrogens (tertiary/aromatic N) is 3. The van der Waals surface area contributed by atoms with Gasteiger partial charge in [-0.2, -0.15) is 13.2 Å². The second kappa shape index (κ2) is 9.20. The summed E-state index contributed by atoms with van der Waals surface area (Å²) in [5.74, 6) is -0.533. The second-order valence-corrected chi connectivity index (χ2v) is 7.20. The van der Waals surface area contributed by atoms with Crippen molar-refractivity contribution in [3.63, 3.8) is 0 Å². The highest BCUT2D eigenvalue weighted by molar-refractivity contribution is 5.83. The number of alkyl halides is 3. The Labute approximate surface area is 177 Å². The number of aromatic nitrogens is 2. The zero-order chi connectivity index (χ0) is 22.6. The Hall–Kier alpha value is -3.36. The van der Waals surface area contributed by atoms with E-state index >= 15 is 0 Å². The molecule has 3 aromatic rings. The highest BCUT2D eigenvalue weighted by Crippen LogP contribution is 2.27. The Balaban J connectivity index is 1.73. The molecule has 0 unspecified atom stereocenters. The summed E-state index contributed by atoms with van der Waals surface area (Å²) in [6, 6.07) is 14.6. The van der Waals surface area contributed by atoms with E-state index < -0.39 is 29.4 Å². The quantitative estimate of drug-likeness (QED) is 0.579. The zero-order valence-corrected chi connectivity index (χ0v) is 17.2. The molecule has 6 nitrogen and oxygen atoms in total. The van der Waals surface area contributed by atoms with Crippen LogP contribution in [0.1, 0.15) is 25.1 Å². The highest BCUT2D eigenvalue weighted by atomic mass is 19.4. The highest BCUT2D eigenvalue weighted by Gasteiger charge is 2.38. The van der Waals surface area contributed by atoms with E-state index in [-0.39, 0.29) is 11.0 Å². The van der Waals surface area contributed by atoms with Crippen molar-refractivity contribution in [1.82, 2.24) is 14.9 Å². The van der Waals surface area contributed by atoms with Crippen LogP contribution >= 0.6 is 0 Å². The summed E-state index contributed by atoms with van der Waals surface area (Å²) in [6.45, 7) is 2.40. The van der Waals surface area contributed by atoms with Crippen LogP contribution in [0.15, 0.2) is 59.4 Å². The third kappa shape index (κ3) is 5.04. The van der Waals surface area contributed by atoms with E-state index in [4.69, 9.17) is 0 Å². The number of carbonyl (C=O) groups excluding carboxylic acids is 1. The van der Waals surface area contributed by atoms with Crippen LogP contribution in [0.25, 0.3) is 11.0 Å². The molecule has 1 atom stereocenters. The number of halogens is 3. The van der Waals surface area contributed by atoms with E-state index in [2.05, 4.69) is 10.3 Å². The maximum atomic E-state index is 13.3. The number of hydrogen-bond acceptors (Lipinski definition) is 4. The first-order valence-electron chi connectivity index (χ1n) is 9.82. The SMILES string of the molecule is C[C@@H](C(=O)NCCCN(C)c1ccccc1)n1c(=O)c(C(F)(F)F)nc2ccccc21. The van der Waals surface area contributed by atoms with Gasteiger partial charge in [0.1, 0.15) is 6.04 Å². The number of anilines is 1. The van der Waals surface area contributed by atoms with Gasteiger partial charge in [-0.3, -0.25) is 14.2 Å². The Bertz CT molecular complexity index is 1110. The van der Waals surface area contributed by atoms with Crippen molar-refractivity contribution in [2.45, 2.75) is 25.6 Å². The van der Waals surface area contributed by atoms with E-state index in [0.717, 1.165) is 10.3 Å². The van der Waals surface area contributed by atoms with Crippen molar-refractivity contribution in [2.24, 2.45) is 0 Å². The molecule has 1 heterocycles. The van der Waals surface area contributed by atoms with E-state index in [9.17, 15) is 22.8 Å². The minimum Gasteiger partial charge on any atom is -0.375 e. The molecule has 9 heteroatoms. The van der Waals surface area contributed by atoms with Gasteiger partial charge in [0.15, 0.2) is 0 Å². The molecule has 2 aromatic carbocycles. The first kappa shape index (κ1) is 22.3. The molecular formula is C22H23F3N4O2. The van der Waals surface area contributed by atoms with Gasteiger partial charge in [0.2, 0.25) is 11.6 Å². The molecule has 1 N–H and O–H groups in total. The maximum Gasteiger partial charge on any atom is 0.438 e. The number of hydrogen-bond donors (Lipinski definition) is 1. The predicted octanol–water partition coefficient (Wildman–Crippen LogP) is 3.62. The molecule has 0 saturated carbocycles. The van der Waals surface area contributed by atoms with Gasteiger partial charge in [-0.05, 0) is 37.6 Å². The molecule has 0 bridgehead atoms. The van der Waals surface area contributed by atoms with Crippen LogP contribution in [-0.4, -0.2) is 35.6 Å². The second-order valence-electron chi connectivity index (χ2n) is 7.20. The average molecular weight is 432 g/mol.